The van der Waals surface area contributed by atoms with Gasteiger partial charge in [-0.2, -0.15) is 0 Å². The van der Waals surface area contributed by atoms with Gasteiger partial charge in [0.15, 0.2) is 29.7 Å². The maximum Gasteiger partial charge on any atom is 0.276 e. The lowest BCUT2D eigenvalue weighted by Gasteiger charge is -2.31. The molecule has 1 aromatic heterocycles. The lowest BCUT2D eigenvalue weighted by molar-refractivity contribution is 0.0458. The zero-order chi connectivity index (χ0) is 16.9. The summed E-state index contributed by atoms with van der Waals surface area (Å²) in [6.45, 7) is 5.49. The number of hydrogen-bond donors (Lipinski definition) is 0. The Morgan fingerprint density at radius 1 is 1.29 bits per heavy atom. The fraction of sp³-hybridized carbons (Fsp3) is 0.444. The van der Waals surface area contributed by atoms with Gasteiger partial charge in [-0.3, -0.25) is 4.79 Å². The second-order valence-corrected chi connectivity index (χ2v) is 5.73. The zero-order valence-electron chi connectivity index (χ0n) is 14.0. The number of carbonyl (C=O) groups is 1. The molecule has 0 bridgehead atoms. The number of nitrogens with zero attached hydrogens (tertiary/aromatic N) is 2. The van der Waals surface area contributed by atoms with Crippen LogP contribution in [-0.4, -0.2) is 41.6 Å². The summed E-state index contributed by atoms with van der Waals surface area (Å²) >= 11 is 0. The summed E-state index contributed by atoms with van der Waals surface area (Å²) in [5.74, 6) is 1.96. The number of para-hydroxylation sites is 2. The van der Waals surface area contributed by atoms with Crippen molar-refractivity contribution in [3.63, 3.8) is 0 Å². The van der Waals surface area contributed by atoms with Gasteiger partial charge in [0, 0.05) is 13.0 Å². The van der Waals surface area contributed by atoms with E-state index in [0.717, 1.165) is 12.2 Å². The van der Waals surface area contributed by atoms with E-state index in [0.29, 0.717) is 43.3 Å². The van der Waals surface area contributed by atoms with Crippen LogP contribution < -0.4 is 9.47 Å². The first-order valence-electron chi connectivity index (χ1n) is 8.33. The predicted octanol–water partition coefficient (Wildman–Crippen LogP) is 2.93. The van der Waals surface area contributed by atoms with E-state index < -0.39 is 0 Å². The van der Waals surface area contributed by atoms with Gasteiger partial charge in [0.1, 0.15) is 12.4 Å². The van der Waals surface area contributed by atoms with Crippen molar-refractivity contribution in [2.75, 3.05) is 19.7 Å². The summed E-state index contributed by atoms with van der Waals surface area (Å²) in [5, 5.41) is 0. The molecule has 0 radical (unpaired) electrons. The Labute approximate surface area is 141 Å². The third-order valence-corrected chi connectivity index (χ3v) is 3.94. The van der Waals surface area contributed by atoms with E-state index in [9.17, 15) is 4.79 Å². The fourth-order valence-electron chi connectivity index (χ4n) is 2.79. The van der Waals surface area contributed by atoms with Gasteiger partial charge in [0.25, 0.3) is 5.91 Å². The molecule has 0 fully saturated rings. The molecular weight excluding hydrogens is 308 g/mol. The average molecular weight is 330 g/mol. The topological polar surface area (TPSA) is 64.8 Å². The molecule has 1 aliphatic rings. The van der Waals surface area contributed by atoms with Gasteiger partial charge in [-0.15, -0.1) is 0 Å². The van der Waals surface area contributed by atoms with Gasteiger partial charge in [-0.05, 0) is 18.6 Å². The van der Waals surface area contributed by atoms with E-state index >= 15 is 0 Å². The number of carbonyl (C=O) groups excluding carboxylic acids is 1. The number of hydrogen-bond acceptors (Lipinski definition) is 5. The number of aromatic nitrogens is 1. The maximum atomic E-state index is 12.8. The number of ether oxygens (including phenoxy) is 2. The number of benzene rings is 1. The molecule has 0 aliphatic carbocycles. The summed E-state index contributed by atoms with van der Waals surface area (Å²) < 4.78 is 17.0. The number of aryl methyl sites for hydroxylation is 1. The monoisotopic (exact) mass is 330 g/mol. The van der Waals surface area contributed by atoms with Crippen LogP contribution in [0.3, 0.4) is 0 Å². The van der Waals surface area contributed by atoms with Gasteiger partial charge < -0.3 is 18.8 Å². The van der Waals surface area contributed by atoms with E-state index in [1.807, 2.05) is 38.1 Å². The van der Waals surface area contributed by atoms with E-state index in [2.05, 4.69) is 4.98 Å². The second kappa shape index (κ2) is 7.38. The van der Waals surface area contributed by atoms with E-state index in [1.54, 1.807) is 4.90 Å². The van der Waals surface area contributed by atoms with E-state index in [1.165, 1.54) is 6.39 Å². The van der Waals surface area contributed by atoms with Crippen LogP contribution in [0.5, 0.6) is 11.5 Å². The number of fused-ring (bicyclic) bond motifs is 1. The maximum absolute atomic E-state index is 12.8. The minimum atomic E-state index is -0.202. The molecule has 128 valence electrons. The Bertz CT molecular complexity index is 698. The number of rotatable bonds is 6. The molecule has 6 nitrogen and oxygen atoms in total. The van der Waals surface area contributed by atoms with Crippen LogP contribution in [0.1, 0.15) is 36.5 Å². The average Bonchev–Trinajstić information content (AvgIpc) is 3.09. The van der Waals surface area contributed by atoms with Gasteiger partial charge >= 0.3 is 0 Å². The van der Waals surface area contributed by atoms with Crippen molar-refractivity contribution in [1.29, 1.82) is 0 Å². The van der Waals surface area contributed by atoms with Crippen LogP contribution in [0.25, 0.3) is 0 Å². The standard InChI is InChI=1S/C18H22N2O4/c1-3-9-20(18(21)17-14(4-2)23-12-19-17)10-13-11-22-15-7-5-6-8-16(15)24-13/h5-8,12-13H,3-4,9-11H2,1-2H3/t13-/m0/s1. The summed E-state index contributed by atoms with van der Waals surface area (Å²) in [5.41, 5.74) is 0.392. The normalized spacial score (nSPS) is 16.0. The van der Waals surface area contributed by atoms with Crippen LogP contribution in [0.2, 0.25) is 0 Å². The molecule has 0 N–H and O–H groups in total. The molecule has 24 heavy (non-hydrogen) atoms. The van der Waals surface area contributed by atoms with Gasteiger partial charge in [-0.1, -0.05) is 26.0 Å². The Hall–Kier alpha value is -2.50. The zero-order valence-corrected chi connectivity index (χ0v) is 14.0. The second-order valence-electron chi connectivity index (χ2n) is 5.73. The molecule has 2 aromatic rings. The Morgan fingerprint density at radius 3 is 2.83 bits per heavy atom. The molecule has 2 heterocycles. The van der Waals surface area contributed by atoms with Crippen LogP contribution in [0, 0.1) is 0 Å². The molecule has 6 heteroatoms. The smallest absolute Gasteiger partial charge is 0.276 e. The van der Waals surface area contributed by atoms with Crippen LogP contribution in [-0.2, 0) is 6.42 Å². The Balaban J connectivity index is 1.72. The van der Waals surface area contributed by atoms with Crippen molar-refractivity contribution in [2.45, 2.75) is 32.8 Å². The summed E-state index contributed by atoms with van der Waals surface area (Å²) in [7, 11) is 0. The van der Waals surface area contributed by atoms with Gasteiger partial charge in [-0.25, -0.2) is 4.98 Å². The van der Waals surface area contributed by atoms with Crippen molar-refractivity contribution >= 4 is 5.91 Å². The van der Waals surface area contributed by atoms with Crippen molar-refractivity contribution in [3.8, 4) is 11.5 Å². The third-order valence-electron chi connectivity index (χ3n) is 3.94. The molecule has 0 spiro atoms. The molecule has 0 unspecified atom stereocenters. The van der Waals surface area contributed by atoms with Crippen LogP contribution >= 0.6 is 0 Å². The first-order chi connectivity index (χ1) is 11.7. The van der Waals surface area contributed by atoms with Crippen LogP contribution in [0.4, 0.5) is 0 Å². The summed E-state index contributed by atoms with van der Waals surface area (Å²) in [4.78, 5) is 18.7. The highest BCUT2D eigenvalue weighted by molar-refractivity contribution is 5.93. The van der Waals surface area contributed by atoms with Crippen molar-refractivity contribution in [3.05, 3.63) is 42.1 Å². The molecule has 1 atom stereocenters. The highest BCUT2D eigenvalue weighted by Crippen LogP contribution is 2.31. The number of amides is 1. The van der Waals surface area contributed by atoms with Crippen molar-refractivity contribution in [2.24, 2.45) is 0 Å². The lowest BCUT2D eigenvalue weighted by Crippen LogP contribution is -2.44. The van der Waals surface area contributed by atoms with E-state index in [4.69, 9.17) is 13.9 Å². The highest BCUT2D eigenvalue weighted by Gasteiger charge is 2.27. The Kier molecular flexibility index (Phi) is 5.03. The minimum absolute atomic E-state index is 0.120. The predicted molar refractivity (Wildman–Crippen MR) is 88.4 cm³/mol. The fourth-order valence-corrected chi connectivity index (χ4v) is 2.79. The first kappa shape index (κ1) is 16.4. The summed E-state index contributed by atoms with van der Waals surface area (Å²) in [6.07, 6.45) is 2.62. The Morgan fingerprint density at radius 2 is 2.08 bits per heavy atom. The molecule has 3 rings (SSSR count). The largest absolute Gasteiger partial charge is 0.486 e. The molecule has 1 aliphatic heterocycles. The molecule has 0 saturated heterocycles. The van der Waals surface area contributed by atoms with Crippen LogP contribution in [0.15, 0.2) is 35.1 Å². The first-order valence-corrected chi connectivity index (χ1v) is 8.33. The summed E-state index contributed by atoms with van der Waals surface area (Å²) in [6, 6.07) is 7.57. The molecule has 1 amide bonds. The molecular formula is C18H22N2O4. The lowest BCUT2D eigenvalue weighted by atomic mass is 10.2. The quantitative estimate of drug-likeness (QED) is 0.815. The molecule has 1 aromatic carbocycles. The SMILES string of the molecule is CCCN(C[C@H]1COc2ccccc2O1)C(=O)c1ncoc1CC. The molecule has 0 saturated carbocycles. The van der Waals surface area contributed by atoms with Gasteiger partial charge in [0.05, 0.1) is 6.54 Å². The van der Waals surface area contributed by atoms with Crippen molar-refractivity contribution < 1.29 is 18.7 Å². The van der Waals surface area contributed by atoms with E-state index in [-0.39, 0.29) is 12.0 Å². The van der Waals surface area contributed by atoms with Gasteiger partial charge in [0.2, 0.25) is 0 Å². The number of oxazole rings is 1. The third kappa shape index (κ3) is 3.37. The minimum Gasteiger partial charge on any atom is -0.486 e. The highest BCUT2D eigenvalue weighted by atomic mass is 16.6. The van der Waals surface area contributed by atoms with Crippen molar-refractivity contribution in [1.82, 2.24) is 9.88 Å².